The van der Waals surface area contributed by atoms with E-state index in [0.29, 0.717) is 55.6 Å². The van der Waals surface area contributed by atoms with Gasteiger partial charge in [0.05, 0.1) is 25.3 Å². The standard InChI is InChI=1S/C25H27F2N3O3/c1-17(2)15-30(24(31)19-5-9-21(27)10-6-19)16-22-23(18-3-7-20(26)8-4-18)28-33-25(22)29-11-13-32-14-12-29/h3-10,17H,11-16H2,1-2H3. The third kappa shape index (κ3) is 5.39. The van der Waals surface area contributed by atoms with Crippen molar-refractivity contribution in [3.63, 3.8) is 0 Å². The zero-order valence-corrected chi connectivity index (χ0v) is 18.8. The van der Waals surface area contributed by atoms with E-state index in [2.05, 4.69) is 10.1 Å². The molecule has 33 heavy (non-hydrogen) atoms. The minimum atomic E-state index is -0.394. The molecule has 0 radical (unpaired) electrons. The van der Waals surface area contributed by atoms with Crippen LogP contribution in [-0.2, 0) is 11.3 Å². The van der Waals surface area contributed by atoms with E-state index in [1.807, 2.05) is 13.8 Å². The van der Waals surface area contributed by atoms with Crippen LogP contribution in [-0.4, -0.2) is 48.8 Å². The lowest BCUT2D eigenvalue weighted by Crippen LogP contribution is -2.38. The number of nitrogens with zero attached hydrogens (tertiary/aromatic N) is 3. The molecule has 0 unspecified atom stereocenters. The Bertz CT molecular complexity index is 1080. The van der Waals surface area contributed by atoms with E-state index in [1.165, 1.54) is 36.4 Å². The molecule has 1 aliphatic heterocycles. The number of benzene rings is 2. The van der Waals surface area contributed by atoms with E-state index in [-0.39, 0.29) is 24.2 Å². The summed E-state index contributed by atoms with van der Waals surface area (Å²) in [5.41, 5.74) is 2.43. The highest BCUT2D eigenvalue weighted by Crippen LogP contribution is 2.33. The Hall–Kier alpha value is -3.26. The lowest BCUT2D eigenvalue weighted by atomic mass is 10.0. The zero-order chi connectivity index (χ0) is 23.4. The Labute approximate surface area is 191 Å². The number of rotatable bonds is 7. The molecule has 3 aromatic rings. The third-order valence-corrected chi connectivity index (χ3v) is 5.50. The number of hydrogen-bond donors (Lipinski definition) is 0. The van der Waals surface area contributed by atoms with Crippen LogP contribution in [0.1, 0.15) is 29.8 Å². The maximum Gasteiger partial charge on any atom is 0.254 e. The first-order valence-electron chi connectivity index (χ1n) is 11.0. The summed E-state index contributed by atoms with van der Waals surface area (Å²) in [5, 5.41) is 4.30. The van der Waals surface area contributed by atoms with Crippen molar-refractivity contribution in [1.29, 1.82) is 0 Å². The maximum absolute atomic E-state index is 13.5. The fraction of sp³-hybridized carbons (Fsp3) is 0.360. The van der Waals surface area contributed by atoms with E-state index < -0.39 is 5.82 Å². The van der Waals surface area contributed by atoms with Crippen LogP contribution in [0.4, 0.5) is 14.7 Å². The molecule has 1 amide bonds. The van der Waals surface area contributed by atoms with Crippen molar-refractivity contribution in [1.82, 2.24) is 10.1 Å². The van der Waals surface area contributed by atoms with Crippen molar-refractivity contribution in [2.24, 2.45) is 5.92 Å². The molecule has 0 saturated carbocycles. The van der Waals surface area contributed by atoms with Crippen molar-refractivity contribution < 1.29 is 22.8 Å². The van der Waals surface area contributed by atoms with Gasteiger partial charge in [-0.2, -0.15) is 0 Å². The second-order valence-electron chi connectivity index (χ2n) is 8.51. The predicted octanol–water partition coefficient (Wildman–Crippen LogP) is 4.75. The summed E-state index contributed by atoms with van der Waals surface area (Å²) in [6, 6.07) is 11.6. The van der Waals surface area contributed by atoms with E-state index in [0.717, 1.165) is 5.56 Å². The molecule has 2 heterocycles. The Kier molecular flexibility index (Phi) is 7.03. The van der Waals surface area contributed by atoms with Gasteiger partial charge in [0.15, 0.2) is 0 Å². The lowest BCUT2D eigenvalue weighted by molar-refractivity contribution is 0.0722. The number of amides is 1. The number of aromatic nitrogens is 1. The molecule has 6 nitrogen and oxygen atoms in total. The van der Waals surface area contributed by atoms with Gasteiger partial charge in [-0.25, -0.2) is 8.78 Å². The van der Waals surface area contributed by atoms with Crippen LogP contribution in [0, 0.1) is 17.6 Å². The van der Waals surface area contributed by atoms with Crippen LogP contribution in [0.25, 0.3) is 11.3 Å². The molecule has 1 fully saturated rings. The number of hydrogen-bond acceptors (Lipinski definition) is 5. The highest BCUT2D eigenvalue weighted by Gasteiger charge is 2.28. The molecule has 2 aromatic carbocycles. The van der Waals surface area contributed by atoms with Gasteiger partial charge in [-0.1, -0.05) is 19.0 Å². The quantitative estimate of drug-likeness (QED) is 0.514. The largest absolute Gasteiger partial charge is 0.378 e. The predicted molar refractivity (Wildman–Crippen MR) is 121 cm³/mol. The summed E-state index contributed by atoms with van der Waals surface area (Å²) < 4.78 is 38.2. The molecule has 0 spiro atoms. The second-order valence-corrected chi connectivity index (χ2v) is 8.51. The smallest absolute Gasteiger partial charge is 0.254 e. The Morgan fingerprint density at radius 1 is 1.03 bits per heavy atom. The highest BCUT2D eigenvalue weighted by molar-refractivity contribution is 5.94. The number of morpholine rings is 1. The monoisotopic (exact) mass is 455 g/mol. The summed E-state index contributed by atoms with van der Waals surface area (Å²) in [5.74, 6) is -0.157. The number of carbonyl (C=O) groups excluding carboxylic acids is 1. The second kappa shape index (κ2) is 10.1. The van der Waals surface area contributed by atoms with Crippen molar-refractivity contribution in [2.75, 3.05) is 37.7 Å². The first-order valence-corrected chi connectivity index (χ1v) is 11.0. The summed E-state index contributed by atoms with van der Waals surface area (Å²) in [6.45, 7) is 7.21. The van der Waals surface area contributed by atoms with Crippen LogP contribution >= 0.6 is 0 Å². The van der Waals surface area contributed by atoms with Crippen molar-refractivity contribution >= 4 is 11.8 Å². The summed E-state index contributed by atoms with van der Waals surface area (Å²) in [6.07, 6.45) is 0. The molecule has 0 N–H and O–H groups in total. The Morgan fingerprint density at radius 2 is 1.64 bits per heavy atom. The van der Waals surface area contributed by atoms with Gasteiger partial charge in [0.1, 0.15) is 17.3 Å². The summed E-state index contributed by atoms with van der Waals surface area (Å²) in [4.78, 5) is 17.1. The van der Waals surface area contributed by atoms with Gasteiger partial charge in [0.2, 0.25) is 5.88 Å². The minimum Gasteiger partial charge on any atom is -0.378 e. The van der Waals surface area contributed by atoms with Crippen LogP contribution in [0.2, 0.25) is 0 Å². The fourth-order valence-corrected chi connectivity index (χ4v) is 3.92. The zero-order valence-electron chi connectivity index (χ0n) is 18.8. The minimum absolute atomic E-state index is 0.204. The molecule has 4 rings (SSSR count). The Morgan fingerprint density at radius 3 is 2.24 bits per heavy atom. The highest BCUT2D eigenvalue weighted by atomic mass is 19.1. The Balaban J connectivity index is 1.72. The van der Waals surface area contributed by atoms with Crippen molar-refractivity contribution in [2.45, 2.75) is 20.4 Å². The normalized spacial score (nSPS) is 14.0. The first kappa shape index (κ1) is 22.9. The number of carbonyl (C=O) groups is 1. The van der Waals surface area contributed by atoms with Crippen molar-refractivity contribution in [3.8, 4) is 11.3 Å². The number of halogens is 2. The van der Waals surface area contributed by atoms with Gasteiger partial charge in [0.25, 0.3) is 5.91 Å². The number of ether oxygens (including phenoxy) is 1. The van der Waals surface area contributed by atoms with E-state index >= 15 is 0 Å². The van der Waals surface area contributed by atoms with Crippen LogP contribution < -0.4 is 4.90 Å². The van der Waals surface area contributed by atoms with Crippen LogP contribution in [0.3, 0.4) is 0 Å². The van der Waals surface area contributed by atoms with Gasteiger partial charge < -0.3 is 19.1 Å². The first-order chi connectivity index (χ1) is 15.9. The summed E-state index contributed by atoms with van der Waals surface area (Å²) in [7, 11) is 0. The van der Waals surface area contributed by atoms with Crippen molar-refractivity contribution in [3.05, 3.63) is 71.3 Å². The van der Waals surface area contributed by atoms with Gasteiger partial charge >= 0.3 is 0 Å². The molecule has 0 atom stereocenters. The SMILES string of the molecule is CC(C)CN(Cc1c(-c2ccc(F)cc2)noc1N1CCOCC1)C(=O)c1ccc(F)cc1. The molecular formula is C25H27F2N3O3. The molecule has 1 saturated heterocycles. The average molecular weight is 456 g/mol. The average Bonchev–Trinajstić information content (AvgIpc) is 3.23. The van der Waals surface area contributed by atoms with Gasteiger partial charge in [-0.3, -0.25) is 4.79 Å². The number of anilines is 1. The fourth-order valence-electron chi connectivity index (χ4n) is 3.92. The molecule has 174 valence electrons. The molecule has 0 aliphatic carbocycles. The summed E-state index contributed by atoms with van der Waals surface area (Å²) >= 11 is 0. The van der Waals surface area contributed by atoms with Crippen LogP contribution in [0.15, 0.2) is 53.1 Å². The van der Waals surface area contributed by atoms with Crippen LogP contribution in [0.5, 0.6) is 0 Å². The maximum atomic E-state index is 13.5. The topological polar surface area (TPSA) is 58.8 Å². The lowest BCUT2D eigenvalue weighted by Gasteiger charge is -2.29. The van der Waals surface area contributed by atoms with E-state index in [4.69, 9.17) is 9.26 Å². The molecule has 1 aromatic heterocycles. The molecule has 1 aliphatic rings. The van der Waals surface area contributed by atoms with E-state index in [1.54, 1.807) is 17.0 Å². The molecule has 0 bridgehead atoms. The van der Waals surface area contributed by atoms with Gasteiger partial charge in [0, 0.05) is 30.8 Å². The molecule has 8 heteroatoms. The van der Waals surface area contributed by atoms with E-state index in [9.17, 15) is 13.6 Å². The van der Waals surface area contributed by atoms with Gasteiger partial charge in [-0.15, -0.1) is 0 Å². The van der Waals surface area contributed by atoms with Gasteiger partial charge in [-0.05, 0) is 54.4 Å². The third-order valence-electron chi connectivity index (χ3n) is 5.50. The molecular weight excluding hydrogens is 428 g/mol.